The van der Waals surface area contributed by atoms with Crippen molar-refractivity contribution in [2.45, 2.75) is 33.3 Å². The van der Waals surface area contributed by atoms with Gasteiger partial charge in [0.15, 0.2) is 5.82 Å². The van der Waals surface area contributed by atoms with E-state index in [1.165, 1.54) is 0 Å². The molecule has 0 spiro atoms. The lowest BCUT2D eigenvalue weighted by molar-refractivity contribution is 0.118. The van der Waals surface area contributed by atoms with E-state index in [1.807, 2.05) is 56.3 Å². The Morgan fingerprint density at radius 3 is 2.42 bits per heavy atom. The summed E-state index contributed by atoms with van der Waals surface area (Å²) in [6.45, 7) is 5.61. The molecule has 26 heavy (non-hydrogen) atoms. The number of hydrogen-bond donors (Lipinski definition) is 1. The van der Waals surface area contributed by atoms with Gasteiger partial charge in [0.05, 0.1) is 5.69 Å². The molecule has 6 nitrogen and oxygen atoms in total. The number of hydrogen-bond acceptors (Lipinski definition) is 4. The number of rotatable bonds is 5. The Labute approximate surface area is 152 Å². The zero-order valence-electron chi connectivity index (χ0n) is 15.1. The van der Waals surface area contributed by atoms with Crippen molar-refractivity contribution in [3.8, 4) is 16.8 Å². The van der Waals surface area contributed by atoms with Gasteiger partial charge in [-0.15, -0.1) is 5.10 Å². The number of aryl methyl sites for hydroxylation is 1. The van der Waals surface area contributed by atoms with Crippen molar-refractivity contribution < 1.29 is 9.53 Å². The fourth-order valence-electron chi connectivity index (χ4n) is 2.50. The highest BCUT2D eigenvalue weighted by molar-refractivity contribution is 5.84. The summed E-state index contributed by atoms with van der Waals surface area (Å²) < 4.78 is 6.88. The van der Waals surface area contributed by atoms with Gasteiger partial charge >= 0.3 is 6.09 Å². The summed E-state index contributed by atoms with van der Waals surface area (Å²) in [6.07, 6.45) is 0.0990. The van der Waals surface area contributed by atoms with Crippen molar-refractivity contribution >= 4 is 11.9 Å². The SMILES string of the molecule is CC[C@@H](C)OC(=O)Nc1c(C)nnn1-c1ccc(-c2ccccc2)cc1. The minimum Gasteiger partial charge on any atom is -0.446 e. The Kier molecular flexibility index (Phi) is 5.31. The van der Waals surface area contributed by atoms with Crippen molar-refractivity contribution in [2.24, 2.45) is 0 Å². The molecule has 0 saturated carbocycles. The van der Waals surface area contributed by atoms with Crippen molar-refractivity contribution in [3.63, 3.8) is 0 Å². The van der Waals surface area contributed by atoms with E-state index in [-0.39, 0.29) is 6.10 Å². The van der Waals surface area contributed by atoms with Crippen LogP contribution in [-0.4, -0.2) is 27.2 Å². The first-order valence-electron chi connectivity index (χ1n) is 8.64. The van der Waals surface area contributed by atoms with Gasteiger partial charge in [-0.2, -0.15) is 4.68 Å². The first-order chi connectivity index (χ1) is 12.6. The molecule has 0 radical (unpaired) electrons. The molecule has 1 amide bonds. The van der Waals surface area contributed by atoms with Crippen molar-refractivity contribution in [2.75, 3.05) is 5.32 Å². The molecule has 1 N–H and O–H groups in total. The van der Waals surface area contributed by atoms with Crippen LogP contribution in [0.5, 0.6) is 0 Å². The maximum Gasteiger partial charge on any atom is 0.413 e. The largest absolute Gasteiger partial charge is 0.446 e. The number of ether oxygens (including phenoxy) is 1. The number of carbonyl (C=O) groups is 1. The van der Waals surface area contributed by atoms with Crippen LogP contribution in [0.2, 0.25) is 0 Å². The van der Waals surface area contributed by atoms with Gasteiger partial charge in [0.1, 0.15) is 11.8 Å². The summed E-state index contributed by atoms with van der Waals surface area (Å²) in [5.74, 6) is 0.505. The lowest BCUT2D eigenvalue weighted by Crippen LogP contribution is -2.21. The van der Waals surface area contributed by atoms with Gasteiger partial charge in [0.25, 0.3) is 0 Å². The topological polar surface area (TPSA) is 69.0 Å². The highest BCUT2D eigenvalue weighted by Gasteiger charge is 2.16. The van der Waals surface area contributed by atoms with Gasteiger partial charge in [-0.1, -0.05) is 54.6 Å². The molecule has 2 aromatic carbocycles. The lowest BCUT2D eigenvalue weighted by atomic mass is 10.1. The number of benzene rings is 2. The van der Waals surface area contributed by atoms with Crippen LogP contribution in [0.25, 0.3) is 16.8 Å². The summed E-state index contributed by atoms with van der Waals surface area (Å²) in [5.41, 5.74) is 3.68. The van der Waals surface area contributed by atoms with E-state index in [4.69, 9.17) is 4.74 Å². The first-order valence-corrected chi connectivity index (χ1v) is 8.64. The van der Waals surface area contributed by atoms with Crippen LogP contribution in [0.3, 0.4) is 0 Å². The Hall–Kier alpha value is -3.15. The maximum atomic E-state index is 12.1. The third-order valence-corrected chi connectivity index (χ3v) is 4.16. The van der Waals surface area contributed by atoms with Crippen molar-refractivity contribution in [1.29, 1.82) is 0 Å². The van der Waals surface area contributed by atoms with Crippen LogP contribution in [-0.2, 0) is 4.74 Å². The molecule has 0 aliphatic heterocycles. The van der Waals surface area contributed by atoms with Gasteiger partial charge < -0.3 is 4.74 Å². The molecule has 1 atom stereocenters. The minimum absolute atomic E-state index is 0.148. The lowest BCUT2D eigenvalue weighted by Gasteiger charge is -2.13. The van der Waals surface area contributed by atoms with Crippen LogP contribution in [0, 0.1) is 6.92 Å². The molecular weight excluding hydrogens is 328 g/mol. The number of aromatic nitrogens is 3. The molecule has 3 rings (SSSR count). The number of anilines is 1. The van der Waals surface area contributed by atoms with E-state index >= 15 is 0 Å². The van der Waals surface area contributed by atoms with Crippen molar-refractivity contribution in [3.05, 3.63) is 60.3 Å². The van der Waals surface area contributed by atoms with E-state index < -0.39 is 6.09 Å². The highest BCUT2D eigenvalue weighted by Crippen LogP contribution is 2.23. The van der Waals surface area contributed by atoms with E-state index in [0.717, 1.165) is 23.2 Å². The van der Waals surface area contributed by atoms with Crippen LogP contribution in [0.4, 0.5) is 10.6 Å². The van der Waals surface area contributed by atoms with Crippen LogP contribution in [0.1, 0.15) is 26.0 Å². The van der Waals surface area contributed by atoms with Crippen LogP contribution in [0.15, 0.2) is 54.6 Å². The minimum atomic E-state index is -0.507. The molecule has 3 aromatic rings. The smallest absolute Gasteiger partial charge is 0.413 e. The molecule has 6 heteroatoms. The molecule has 0 bridgehead atoms. The van der Waals surface area contributed by atoms with Crippen molar-refractivity contribution in [1.82, 2.24) is 15.0 Å². The number of amides is 1. The monoisotopic (exact) mass is 350 g/mol. The Morgan fingerprint density at radius 2 is 1.77 bits per heavy atom. The van der Waals surface area contributed by atoms with Crippen LogP contribution >= 0.6 is 0 Å². The summed E-state index contributed by atoms with van der Waals surface area (Å²) in [7, 11) is 0. The molecule has 0 aliphatic carbocycles. The second kappa shape index (κ2) is 7.82. The maximum absolute atomic E-state index is 12.1. The number of nitrogens with one attached hydrogen (secondary N) is 1. The highest BCUT2D eigenvalue weighted by atomic mass is 16.6. The van der Waals surface area contributed by atoms with Gasteiger partial charge in [0, 0.05) is 0 Å². The van der Waals surface area contributed by atoms with E-state index in [1.54, 1.807) is 11.6 Å². The fourth-order valence-corrected chi connectivity index (χ4v) is 2.50. The molecule has 0 unspecified atom stereocenters. The summed E-state index contributed by atoms with van der Waals surface area (Å²) in [5, 5.41) is 11.0. The van der Waals surface area contributed by atoms with Gasteiger partial charge in [0.2, 0.25) is 0 Å². The Bertz CT molecular complexity index is 873. The third-order valence-electron chi connectivity index (χ3n) is 4.16. The molecule has 0 fully saturated rings. The van der Waals surface area contributed by atoms with E-state index in [2.05, 4.69) is 27.8 Å². The standard InChI is InChI=1S/C20H22N4O2/c1-4-14(2)26-20(25)21-19-15(3)22-23-24(19)18-12-10-17(11-13-18)16-8-6-5-7-9-16/h5-14H,4H2,1-3H3,(H,21,25)/t14-/m1/s1. The van der Waals surface area contributed by atoms with E-state index in [9.17, 15) is 4.79 Å². The molecule has 0 aliphatic rings. The summed E-state index contributed by atoms with van der Waals surface area (Å²) in [6, 6.07) is 18.1. The molecule has 134 valence electrons. The molecule has 1 aromatic heterocycles. The molecule has 0 saturated heterocycles. The summed E-state index contributed by atoms with van der Waals surface area (Å²) >= 11 is 0. The Balaban J connectivity index is 1.83. The Morgan fingerprint density at radius 1 is 1.12 bits per heavy atom. The fraction of sp³-hybridized carbons (Fsp3) is 0.250. The zero-order chi connectivity index (χ0) is 18.5. The quantitative estimate of drug-likeness (QED) is 0.731. The summed E-state index contributed by atoms with van der Waals surface area (Å²) in [4.78, 5) is 12.1. The number of carbonyl (C=O) groups excluding carboxylic acids is 1. The third kappa shape index (κ3) is 3.91. The predicted octanol–water partition coefficient (Wildman–Crippen LogP) is 4.59. The first kappa shape index (κ1) is 17.7. The molecule has 1 heterocycles. The normalized spacial score (nSPS) is 11.8. The van der Waals surface area contributed by atoms with Gasteiger partial charge in [-0.05, 0) is 43.5 Å². The van der Waals surface area contributed by atoms with Crippen LogP contribution < -0.4 is 5.32 Å². The second-order valence-corrected chi connectivity index (χ2v) is 6.10. The van der Waals surface area contributed by atoms with Gasteiger partial charge in [-0.3, -0.25) is 5.32 Å². The zero-order valence-corrected chi connectivity index (χ0v) is 15.1. The molecular formula is C20H22N4O2. The van der Waals surface area contributed by atoms with Gasteiger partial charge in [-0.25, -0.2) is 4.79 Å². The average Bonchev–Trinajstić information content (AvgIpc) is 3.03. The average molecular weight is 350 g/mol. The predicted molar refractivity (Wildman–Crippen MR) is 101 cm³/mol. The number of nitrogens with zero attached hydrogens (tertiary/aromatic N) is 3. The second-order valence-electron chi connectivity index (χ2n) is 6.10. The van der Waals surface area contributed by atoms with E-state index in [0.29, 0.717) is 11.5 Å².